The third kappa shape index (κ3) is 3.77. The second kappa shape index (κ2) is 7.51. The summed E-state index contributed by atoms with van der Waals surface area (Å²) in [4.78, 5) is 24.8. The van der Waals surface area contributed by atoms with Crippen LogP contribution in [-0.4, -0.2) is 58.6 Å². The van der Waals surface area contributed by atoms with Gasteiger partial charge in [-0.05, 0) is 37.3 Å². The molecular weight excluding hydrogens is 411 g/mol. The summed E-state index contributed by atoms with van der Waals surface area (Å²) in [5, 5.41) is 0. The minimum Gasteiger partial charge on any atom is -0.374 e. The Labute approximate surface area is 177 Å². The number of nitrogens with zero attached hydrogens (tertiary/aromatic N) is 5. The van der Waals surface area contributed by atoms with Crippen LogP contribution in [0.1, 0.15) is 24.0 Å². The molecule has 3 aliphatic heterocycles. The number of ether oxygens (including phenoxy) is 1. The van der Waals surface area contributed by atoms with E-state index in [-0.39, 0.29) is 43.2 Å². The van der Waals surface area contributed by atoms with Crippen molar-refractivity contribution in [2.75, 3.05) is 29.5 Å². The van der Waals surface area contributed by atoms with Crippen LogP contribution in [0.3, 0.4) is 0 Å². The van der Waals surface area contributed by atoms with E-state index in [1.165, 1.54) is 15.5 Å². The van der Waals surface area contributed by atoms with Crippen LogP contribution >= 0.6 is 0 Å². The van der Waals surface area contributed by atoms with Crippen molar-refractivity contribution in [2.45, 2.75) is 57.1 Å². The van der Waals surface area contributed by atoms with Gasteiger partial charge >= 0.3 is 6.18 Å². The lowest BCUT2D eigenvalue weighted by atomic mass is 10.1. The molecule has 10 heteroatoms. The maximum atomic E-state index is 13.9. The van der Waals surface area contributed by atoms with Gasteiger partial charge in [-0.15, -0.1) is 0 Å². The van der Waals surface area contributed by atoms with E-state index >= 15 is 0 Å². The number of alkyl halides is 3. The molecule has 0 amide bonds. The highest BCUT2D eigenvalue weighted by Crippen LogP contribution is 2.36. The van der Waals surface area contributed by atoms with E-state index < -0.39 is 12.2 Å². The molecule has 0 N–H and O–H groups in total. The first kappa shape index (κ1) is 20.3. The Bertz CT molecular complexity index is 1040. The van der Waals surface area contributed by atoms with Crippen molar-refractivity contribution in [2.24, 2.45) is 0 Å². The van der Waals surface area contributed by atoms with Gasteiger partial charge in [0.15, 0.2) is 0 Å². The molecule has 2 aromatic heterocycles. The number of fused-ring (bicyclic) bond motifs is 3. The summed E-state index contributed by atoms with van der Waals surface area (Å²) >= 11 is 0. The lowest BCUT2D eigenvalue weighted by Gasteiger charge is -2.39. The minimum absolute atomic E-state index is 0.00326. The number of anilines is 2. The standard InChI is InChI=1S/C21H24F3N5O2/c1-13-6-14(10-25-9-13)2-4-27-17(21(22,23)24)3-5-28-19(30)8-18(26-20(27)28)29-11-16-7-15(29)12-31-16/h6,8-10,15-17H,2-5,7,11-12H2,1H3/t15-,16-,17-/m0/s1. The Balaban J connectivity index is 1.50. The second-order valence-corrected chi connectivity index (χ2v) is 8.56. The zero-order chi connectivity index (χ0) is 21.8. The summed E-state index contributed by atoms with van der Waals surface area (Å²) in [5.41, 5.74) is 1.49. The van der Waals surface area contributed by atoms with Gasteiger partial charge in [0.2, 0.25) is 5.95 Å². The number of aryl methyl sites for hydroxylation is 1. The van der Waals surface area contributed by atoms with Crippen LogP contribution in [0.2, 0.25) is 0 Å². The first-order valence-electron chi connectivity index (χ1n) is 10.5. The number of hydrogen-bond donors (Lipinski definition) is 0. The van der Waals surface area contributed by atoms with Crippen LogP contribution in [0.4, 0.5) is 24.9 Å². The highest BCUT2D eigenvalue weighted by atomic mass is 19.4. The number of rotatable bonds is 4. The van der Waals surface area contributed by atoms with E-state index in [1.54, 1.807) is 12.4 Å². The van der Waals surface area contributed by atoms with Gasteiger partial charge < -0.3 is 14.5 Å². The number of aromatic nitrogens is 3. The normalized spacial score (nSPS) is 25.2. The summed E-state index contributed by atoms with van der Waals surface area (Å²) < 4.78 is 48.7. The fourth-order valence-corrected chi connectivity index (χ4v) is 4.89. The first-order chi connectivity index (χ1) is 14.8. The number of halogens is 3. The maximum Gasteiger partial charge on any atom is 0.408 e. The van der Waals surface area contributed by atoms with E-state index in [1.807, 2.05) is 17.9 Å². The highest BCUT2D eigenvalue weighted by molar-refractivity contribution is 5.49. The average Bonchev–Trinajstić information content (AvgIpc) is 3.35. The molecule has 5 heterocycles. The largest absolute Gasteiger partial charge is 0.408 e. The quantitative estimate of drug-likeness (QED) is 0.735. The van der Waals surface area contributed by atoms with Crippen LogP contribution in [0.15, 0.2) is 29.3 Å². The van der Waals surface area contributed by atoms with Crippen molar-refractivity contribution in [1.29, 1.82) is 0 Å². The van der Waals surface area contributed by atoms with Crippen molar-refractivity contribution in [3.63, 3.8) is 0 Å². The molecule has 31 heavy (non-hydrogen) atoms. The fourth-order valence-electron chi connectivity index (χ4n) is 4.89. The van der Waals surface area contributed by atoms with Crippen molar-refractivity contribution >= 4 is 11.8 Å². The molecule has 7 nitrogen and oxygen atoms in total. The molecule has 3 atom stereocenters. The average molecular weight is 435 g/mol. The van der Waals surface area contributed by atoms with Crippen molar-refractivity contribution in [1.82, 2.24) is 14.5 Å². The van der Waals surface area contributed by atoms with Crippen LogP contribution in [0.25, 0.3) is 0 Å². The lowest BCUT2D eigenvalue weighted by Crippen LogP contribution is -2.53. The van der Waals surface area contributed by atoms with Gasteiger partial charge in [0.05, 0.1) is 18.8 Å². The molecule has 2 saturated heterocycles. The summed E-state index contributed by atoms with van der Waals surface area (Å²) in [7, 11) is 0. The molecule has 0 aromatic carbocycles. The van der Waals surface area contributed by atoms with Crippen LogP contribution < -0.4 is 15.4 Å². The van der Waals surface area contributed by atoms with E-state index in [9.17, 15) is 18.0 Å². The summed E-state index contributed by atoms with van der Waals surface area (Å²) in [6.07, 6.45) is 0.115. The van der Waals surface area contributed by atoms with E-state index in [2.05, 4.69) is 9.97 Å². The van der Waals surface area contributed by atoms with Gasteiger partial charge in [0, 0.05) is 38.1 Å². The third-order valence-corrected chi connectivity index (χ3v) is 6.38. The Kier molecular flexibility index (Phi) is 4.91. The summed E-state index contributed by atoms with van der Waals surface area (Å²) in [6.45, 7) is 3.16. The van der Waals surface area contributed by atoms with Crippen molar-refractivity contribution < 1.29 is 17.9 Å². The highest BCUT2D eigenvalue weighted by Gasteiger charge is 2.47. The van der Waals surface area contributed by atoms with E-state index in [0.717, 1.165) is 17.5 Å². The summed E-state index contributed by atoms with van der Waals surface area (Å²) in [6, 6.07) is 1.80. The van der Waals surface area contributed by atoms with Gasteiger partial charge in [0.1, 0.15) is 11.9 Å². The van der Waals surface area contributed by atoms with Crippen LogP contribution in [0.5, 0.6) is 0 Å². The molecule has 2 aromatic rings. The van der Waals surface area contributed by atoms with Gasteiger partial charge in [-0.2, -0.15) is 18.2 Å². The monoisotopic (exact) mass is 435 g/mol. The smallest absolute Gasteiger partial charge is 0.374 e. The second-order valence-electron chi connectivity index (χ2n) is 8.56. The fraction of sp³-hybridized carbons (Fsp3) is 0.571. The zero-order valence-corrected chi connectivity index (χ0v) is 17.2. The van der Waals surface area contributed by atoms with Crippen LogP contribution in [0, 0.1) is 6.92 Å². The number of hydrogen-bond acceptors (Lipinski definition) is 6. The molecule has 166 valence electrons. The molecule has 0 spiro atoms. The molecule has 0 aliphatic carbocycles. The molecule has 0 saturated carbocycles. The van der Waals surface area contributed by atoms with Gasteiger partial charge in [-0.25, -0.2) is 0 Å². The molecule has 0 radical (unpaired) electrons. The summed E-state index contributed by atoms with van der Waals surface area (Å²) in [5.74, 6) is 0.539. The predicted octanol–water partition coefficient (Wildman–Crippen LogP) is 2.31. The van der Waals surface area contributed by atoms with E-state index in [0.29, 0.717) is 25.4 Å². The minimum atomic E-state index is -4.41. The molecule has 2 bridgehead atoms. The number of pyridine rings is 1. The van der Waals surface area contributed by atoms with Crippen molar-refractivity contribution in [3.8, 4) is 0 Å². The Morgan fingerprint density at radius 3 is 2.77 bits per heavy atom. The van der Waals surface area contributed by atoms with Gasteiger partial charge in [0.25, 0.3) is 5.56 Å². The molecule has 5 rings (SSSR count). The Morgan fingerprint density at radius 1 is 1.26 bits per heavy atom. The molecule has 3 aliphatic rings. The SMILES string of the molecule is Cc1cncc(CCN2c3nc(N4C[C@@H]5C[C@H]4CO5)cc(=O)n3CC[C@H]2C(F)(F)F)c1. The Hall–Kier alpha value is -2.62. The molecular formula is C21H24F3N5O2. The van der Waals surface area contributed by atoms with Gasteiger partial charge in [-0.3, -0.25) is 14.3 Å². The zero-order valence-electron chi connectivity index (χ0n) is 17.2. The number of morpholine rings is 1. The lowest BCUT2D eigenvalue weighted by molar-refractivity contribution is -0.152. The third-order valence-electron chi connectivity index (χ3n) is 6.38. The first-order valence-corrected chi connectivity index (χ1v) is 10.5. The molecule has 0 unspecified atom stereocenters. The maximum absolute atomic E-state index is 13.9. The molecule has 2 fully saturated rings. The topological polar surface area (TPSA) is 63.5 Å². The predicted molar refractivity (Wildman–Crippen MR) is 108 cm³/mol. The van der Waals surface area contributed by atoms with E-state index in [4.69, 9.17) is 4.74 Å². The Morgan fingerprint density at radius 2 is 2.10 bits per heavy atom. The van der Waals surface area contributed by atoms with Gasteiger partial charge in [-0.1, -0.05) is 6.07 Å². The van der Waals surface area contributed by atoms with Crippen molar-refractivity contribution in [3.05, 3.63) is 46.0 Å². The van der Waals surface area contributed by atoms with Crippen LogP contribution in [-0.2, 0) is 17.7 Å².